The zero-order valence-corrected chi connectivity index (χ0v) is 14.1. The maximum atomic E-state index is 10.7. The van der Waals surface area contributed by atoms with Crippen molar-refractivity contribution < 1.29 is 5.11 Å². The first-order valence-corrected chi connectivity index (χ1v) is 7.88. The van der Waals surface area contributed by atoms with Gasteiger partial charge in [0.05, 0.1) is 0 Å². The van der Waals surface area contributed by atoms with Crippen LogP contribution in [-0.2, 0) is 5.41 Å². The Hall–Kier alpha value is -1.12. The second-order valence-corrected chi connectivity index (χ2v) is 7.78. The van der Waals surface area contributed by atoms with Crippen LogP contribution in [0.2, 0.25) is 0 Å². The summed E-state index contributed by atoms with van der Waals surface area (Å²) < 4.78 is 0. The molecule has 1 aromatic heterocycles. The minimum absolute atomic E-state index is 0.139. The molecule has 20 heavy (non-hydrogen) atoms. The monoisotopic (exact) mass is 288 g/mol. The number of benzene rings is 1. The number of aryl methyl sites for hydroxylation is 3. The van der Waals surface area contributed by atoms with Gasteiger partial charge in [-0.15, -0.1) is 11.3 Å². The molecule has 0 fully saturated rings. The molecule has 1 unspecified atom stereocenters. The Morgan fingerprint density at radius 1 is 1.00 bits per heavy atom. The number of thiophene rings is 1. The normalized spacial score (nSPS) is 13.6. The second kappa shape index (κ2) is 5.34. The van der Waals surface area contributed by atoms with Crippen molar-refractivity contribution in [1.29, 1.82) is 0 Å². The van der Waals surface area contributed by atoms with Gasteiger partial charge in [0.15, 0.2) is 0 Å². The molecular formula is C18H24OS. The molecule has 0 bridgehead atoms. The molecule has 2 heteroatoms. The third-order valence-corrected chi connectivity index (χ3v) is 5.21. The Kier molecular flexibility index (Phi) is 4.08. The first-order chi connectivity index (χ1) is 9.20. The van der Waals surface area contributed by atoms with Gasteiger partial charge in [0.1, 0.15) is 6.10 Å². The third-order valence-electron chi connectivity index (χ3n) is 3.65. The Bertz CT molecular complexity index is 594. The highest BCUT2D eigenvalue weighted by molar-refractivity contribution is 7.12. The average molecular weight is 288 g/mol. The Balaban J connectivity index is 2.42. The van der Waals surface area contributed by atoms with E-state index in [9.17, 15) is 5.11 Å². The highest BCUT2D eigenvalue weighted by atomic mass is 32.1. The molecule has 0 spiro atoms. The molecule has 2 aromatic rings. The number of rotatable bonds is 2. The highest BCUT2D eigenvalue weighted by Gasteiger charge is 2.21. The van der Waals surface area contributed by atoms with Crippen LogP contribution in [0.5, 0.6) is 0 Å². The molecule has 0 saturated heterocycles. The van der Waals surface area contributed by atoms with E-state index in [2.05, 4.69) is 65.8 Å². The maximum Gasteiger partial charge on any atom is 0.114 e. The van der Waals surface area contributed by atoms with Gasteiger partial charge in [-0.3, -0.25) is 0 Å². The SMILES string of the molecule is Cc1cc(C)c(C(O)c2ccc(C(C)(C)C)s2)c(C)c1. The predicted octanol–water partition coefficient (Wildman–Crippen LogP) is 5.05. The molecule has 0 aliphatic heterocycles. The molecule has 1 heterocycles. The zero-order chi connectivity index (χ0) is 15.1. The highest BCUT2D eigenvalue weighted by Crippen LogP contribution is 2.36. The summed E-state index contributed by atoms with van der Waals surface area (Å²) in [5.74, 6) is 0. The van der Waals surface area contributed by atoms with Crippen LogP contribution >= 0.6 is 11.3 Å². The summed E-state index contributed by atoms with van der Waals surface area (Å²) in [6.45, 7) is 12.9. The van der Waals surface area contributed by atoms with E-state index in [0.717, 1.165) is 10.4 Å². The van der Waals surface area contributed by atoms with Crippen molar-refractivity contribution in [2.24, 2.45) is 0 Å². The van der Waals surface area contributed by atoms with Crippen molar-refractivity contribution in [2.45, 2.75) is 53.1 Å². The fraction of sp³-hybridized carbons (Fsp3) is 0.444. The van der Waals surface area contributed by atoms with Crippen molar-refractivity contribution >= 4 is 11.3 Å². The average Bonchev–Trinajstić information content (AvgIpc) is 2.75. The van der Waals surface area contributed by atoms with Crippen LogP contribution in [0.4, 0.5) is 0 Å². The predicted molar refractivity (Wildman–Crippen MR) is 87.7 cm³/mol. The van der Waals surface area contributed by atoms with E-state index in [-0.39, 0.29) is 5.41 Å². The number of aliphatic hydroxyl groups is 1. The maximum absolute atomic E-state index is 10.7. The lowest BCUT2D eigenvalue weighted by Gasteiger charge is -2.18. The van der Waals surface area contributed by atoms with E-state index in [1.807, 2.05) is 0 Å². The number of hydrogen-bond acceptors (Lipinski definition) is 2. The van der Waals surface area contributed by atoms with Crippen molar-refractivity contribution in [3.8, 4) is 0 Å². The summed E-state index contributed by atoms with van der Waals surface area (Å²) >= 11 is 1.71. The molecule has 1 aromatic carbocycles. The largest absolute Gasteiger partial charge is 0.383 e. The number of aliphatic hydroxyl groups excluding tert-OH is 1. The van der Waals surface area contributed by atoms with Crippen LogP contribution in [-0.4, -0.2) is 5.11 Å². The fourth-order valence-electron chi connectivity index (χ4n) is 2.67. The first kappa shape index (κ1) is 15.3. The van der Waals surface area contributed by atoms with Crippen molar-refractivity contribution in [2.75, 3.05) is 0 Å². The third kappa shape index (κ3) is 2.97. The molecule has 1 nitrogen and oxygen atoms in total. The summed E-state index contributed by atoms with van der Waals surface area (Å²) in [7, 11) is 0. The van der Waals surface area contributed by atoms with Crippen LogP contribution < -0.4 is 0 Å². The van der Waals surface area contributed by atoms with Gasteiger partial charge in [-0.1, -0.05) is 38.5 Å². The molecule has 0 saturated carbocycles. The second-order valence-electron chi connectivity index (χ2n) is 6.67. The summed E-state index contributed by atoms with van der Waals surface area (Å²) in [5, 5.41) is 10.7. The Morgan fingerprint density at radius 2 is 1.55 bits per heavy atom. The van der Waals surface area contributed by atoms with E-state index in [1.165, 1.54) is 21.6 Å². The lowest BCUT2D eigenvalue weighted by atomic mass is 9.94. The van der Waals surface area contributed by atoms with E-state index in [4.69, 9.17) is 0 Å². The lowest BCUT2D eigenvalue weighted by molar-refractivity contribution is 0.222. The van der Waals surface area contributed by atoms with Gasteiger partial charge < -0.3 is 5.11 Å². The van der Waals surface area contributed by atoms with Gasteiger partial charge >= 0.3 is 0 Å². The minimum Gasteiger partial charge on any atom is -0.383 e. The summed E-state index contributed by atoms with van der Waals surface area (Å²) in [5.41, 5.74) is 4.77. The quantitative estimate of drug-likeness (QED) is 0.819. The molecule has 1 atom stereocenters. The summed E-state index contributed by atoms with van der Waals surface area (Å²) in [6.07, 6.45) is -0.517. The molecule has 0 amide bonds. The van der Waals surface area contributed by atoms with Gasteiger partial charge in [0.25, 0.3) is 0 Å². The molecule has 0 radical (unpaired) electrons. The van der Waals surface area contributed by atoms with Crippen LogP contribution in [0.25, 0.3) is 0 Å². The molecule has 2 rings (SSSR count). The van der Waals surface area contributed by atoms with Crippen LogP contribution in [0.15, 0.2) is 24.3 Å². The standard InChI is InChI=1S/C18H24OS/c1-11-9-12(2)16(13(3)10-11)17(19)14-7-8-15(20-14)18(4,5)6/h7-10,17,19H,1-6H3. The Morgan fingerprint density at radius 3 is 2.00 bits per heavy atom. The lowest BCUT2D eigenvalue weighted by Crippen LogP contribution is -2.08. The van der Waals surface area contributed by atoms with E-state index in [1.54, 1.807) is 11.3 Å². The minimum atomic E-state index is -0.517. The van der Waals surface area contributed by atoms with Gasteiger partial charge in [-0.25, -0.2) is 0 Å². The van der Waals surface area contributed by atoms with Gasteiger partial charge in [-0.2, -0.15) is 0 Å². The van der Waals surface area contributed by atoms with Gasteiger partial charge in [0, 0.05) is 9.75 Å². The van der Waals surface area contributed by atoms with Gasteiger partial charge in [-0.05, 0) is 55.0 Å². The Labute approximate surface area is 126 Å². The molecule has 0 aliphatic carbocycles. The number of hydrogen-bond donors (Lipinski definition) is 1. The van der Waals surface area contributed by atoms with Crippen molar-refractivity contribution in [1.82, 2.24) is 0 Å². The molecule has 0 aliphatic rings. The molecule has 1 N–H and O–H groups in total. The molecular weight excluding hydrogens is 264 g/mol. The van der Waals surface area contributed by atoms with E-state index < -0.39 is 6.10 Å². The first-order valence-electron chi connectivity index (χ1n) is 7.06. The zero-order valence-electron chi connectivity index (χ0n) is 13.2. The van der Waals surface area contributed by atoms with Crippen molar-refractivity contribution in [3.05, 3.63) is 56.3 Å². The van der Waals surface area contributed by atoms with E-state index in [0.29, 0.717) is 0 Å². The van der Waals surface area contributed by atoms with Crippen LogP contribution in [0, 0.1) is 20.8 Å². The summed E-state index contributed by atoms with van der Waals surface area (Å²) in [6, 6.07) is 8.49. The van der Waals surface area contributed by atoms with Gasteiger partial charge in [0.2, 0.25) is 0 Å². The fourth-order valence-corrected chi connectivity index (χ4v) is 3.73. The molecule has 108 valence electrons. The summed E-state index contributed by atoms with van der Waals surface area (Å²) in [4.78, 5) is 2.35. The van der Waals surface area contributed by atoms with Crippen LogP contribution in [0.3, 0.4) is 0 Å². The smallest absolute Gasteiger partial charge is 0.114 e. The topological polar surface area (TPSA) is 20.2 Å². The van der Waals surface area contributed by atoms with Crippen molar-refractivity contribution in [3.63, 3.8) is 0 Å². The van der Waals surface area contributed by atoms with Crippen LogP contribution in [0.1, 0.15) is 58.9 Å². The van der Waals surface area contributed by atoms with E-state index >= 15 is 0 Å².